The van der Waals surface area contributed by atoms with E-state index in [1.54, 1.807) is 43.5 Å². The first kappa shape index (κ1) is 28.5. The van der Waals surface area contributed by atoms with E-state index in [1.165, 1.54) is 4.90 Å². The monoisotopic (exact) mass is 553 g/mol. The van der Waals surface area contributed by atoms with Crippen molar-refractivity contribution < 1.29 is 29.6 Å². The van der Waals surface area contributed by atoms with E-state index in [0.717, 1.165) is 16.7 Å². The number of methoxy groups -OCH3 is 1. The molecular weight excluding hydrogens is 518 g/mol. The molecule has 41 heavy (non-hydrogen) atoms. The second-order valence-electron chi connectivity index (χ2n) is 10.6. The van der Waals surface area contributed by atoms with Gasteiger partial charge in [-0.05, 0) is 65.8 Å². The van der Waals surface area contributed by atoms with Gasteiger partial charge < -0.3 is 20.1 Å². The number of aliphatic hydroxyl groups excluding tert-OH is 2. The van der Waals surface area contributed by atoms with Gasteiger partial charge in [-0.25, -0.2) is 0 Å². The van der Waals surface area contributed by atoms with Gasteiger partial charge in [-0.3, -0.25) is 14.5 Å². The molecule has 7 nitrogen and oxygen atoms in total. The van der Waals surface area contributed by atoms with Gasteiger partial charge in [0.15, 0.2) is 0 Å². The van der Waals surface area contributed by atoms with Crippen LogP contribution in [-0.2, 0) is 14.3 Å². The predicted molar refractivity (Wildman–Crippen MR) is 158 cm³/mol. The predicted octanol–water partition coefficient (Wildman–Crippen LogP) is 4.83. The van der Waals surface area contributed by atoms with Gasteiger partial charge in [-0.2, -0.15) is 0 Å². The summed E-state index contributed by atoms with van der Waals surface area (Å²) in [5.41, 5.74) is 4.41. The Morgan fingerprint density at radius 2 is 1.63 bits per heavy atom. The summed E-state index contributed by atoms with van der Waals surface area (Å²) in [5, 5.41) is 32.6. The Kier molecular flexibility index (Phi) is 8.78. The number of nitrogens with zero attached hydrogens (tertiary/aromatic N) is 1. The molecule has 5 rings (SSSR count). The van der Waals surface area contributed by atoms with Crippen molar-refractivity contribution in [1.29, 1.82) is 0 Å². The number of hydrogen-bond donors (Lipinski definition) is 3. The Hall–Kier alpha value is -4.04. The summed E-state index contributed by atoms with van der Waals surface area (Å²) in [6.07, 6.45) is 2.02. The molecule has 2 amide bonds. The number of aromatic hydroxyl groups is 1. The third-order valence-corrected chi connectivity index (χ3v) is 8.17. The molecule has 0 radical (unpaired) electrons. The van der Waals surface area contributed by atoms with Crippen molar-refractivity contribution in [2.75, 3.05) is 25.2 Å². The normalized spacial score (nSPS) is 21.8. The van der Waals surface area contributed by atoms with Crippen LogP contribution in [-0.4, -0.2) is 53.6 Å². The lowest BCUT2D eigenvalue weighted by Gasteiger charge is -2.36. The number of rotatable bonds is 10. The zero-order valence-corrected chi connectivity index (χ0v) is 23.0. The number of aliphatic hydroxyl groups is 2. The Bertz CT molecular complexity index is 1450. The highest BCUT2D eigenvalue weighted by atomic mass is 16.5. The quantitative estimate of drug-likeness (QED) is 0.189. The molecule has 212 valence electrons. The van der Waals surface area contributed by atoms with Gasteiger partial charge in [0.05, 0.1) is 36.8 Å². The zero-order chi connectivity index (χ0) is 28.9. The van der Waals surface area contributed by atoms with E-state index >= 15 is 0 Å². The Labute approximate surface area is 240 Å². The molecule has 0 bridgehead atoms. The highest BCUT2D eigenvalue weighted by Gasteiger charge is 2.55. The zero-order valence-electron chi connectivity index (χ0n) is 23.0. The molecule has 3 N–H and O–H groups in total. The smallest absolute Gasteiger partial charge is 0.238 e. The number of carbonyl (C=O) groups excluding carboxylic acids is 2. The van der Waals surface area contributed by atoms with E-state index < -0.39 is 23.9 Å². The van der Waals surface area contributed by atoms with Gasteiger partial charge in [0.2, 0.25) is 11.8 Å². The van der Waals surface area contributed by atoms with Gasteiger partial charge in [0.1, 0.15) is 5.75 Å². The molecule has 0 aromatic heterocycles. The van der Waals surface area contributed by atoms with Crippen molar-refractivity contribution in [3.05, 3.63) is 107 Å². The van der Waals surface area contributed by atoms with Crippen molar-refractivity contribution >= 4 is 29.2 Å². The number of para-hydroxylation sites is 2. The van der Waals surface area contributed by atoms with E-state index in [4.69, 9.17) is 4.74 Å². The average molecular weight is 554 g/mol. The summed E-state index contributed by atoms with van der Waals surface area (Å²) in [6.45, 7) is -0.181. The topological polar surface area (TPSA) is 107 Å². The minimum absolute atomic E-state index is 0.164. The van der Waals surface area contributed by atoms with Crippen LogP contribution in [0.5, 0.6) is 5.75 Å². The van der Waals surface area contributed by atoms with E-state index in [-0.39, 0.29) is 37.2 Å². The maximum absolute atomic E-state index is 13.7. The van der Waals surface area contributed by atoms with Gasteiger partial charge in [0.25, 0.3) is 0 Å². The summed E-state index contributed by atoms with van der Waals surface area (Å²) in [7, 11) is 1.55. The van der Waals surface area contributed by atoms with Crippen molar-refractivity contribution in [3.8, 4) is 5.75 Å². The van der Waals surface area contributed by atoms with E-state index in [2.05, 4.69) is 0 Å². The van der Waals surface area contributed by atoms with Crippen LogP contribution in [0.25, 0.3) is 11.6 Å². The second-order valence-corrected chi connectivity index (χ2v) is 10.6. The Morgan fingerprint density at radius 1 is 0.976 bits per heavy atom. The van der Waals surface area contributed by atoms with Gasteiger partial charge in [-0.15, -0.1) is 0 Å². The van der Waals surface area contributed by atoms with Crippen molar-refractivity contribution in [2.45, 2.75) is 25.4 Å². The lowest BCUT2D eigenvalue weighted by molar-refractivity contribution is -0.123. The highest BCUT2D eigenvalue weighted by Crippen LogP contribution is 2.47. The number of hydrogen-bond acceptors (Lipinski definition) is 6. The number of benzene rings is 3. The fourth-order valence-corrected chi connectivity index (χ4v) is 6.29. The first-order chi connectivity index (χ1) is 19.9. The minimum Gasteiger partial charge on any atom is -0.507 e. The molecule has 1 aliphatic carbocycles. The van der Waals surface area contributed by atoms with Crippen LogP contribution >= 0.6 is 0 Å². The molecule has 0 saturated carbocycles. The standard InChI is InChI=1S/C34H35NO6/c1-41-21-25-19-27-32(34(40)35(33(27)39)26-13-6-3-7-14-26)28(20-36)31(25)30(38)17-16-23(22-10-4-2-5-11-22)18-24-12-8-9-15-29(24)37/h2-15,18,27-28,30,32,36-38H,16-17,19-21H2,1H3/b23-18-/t27-,28+,30-,32-/m1/s1. The summed E-state index contributed by atoms with van der Waals surface area (Å²) in [4.78, 5) is 28.4. The van der Waals surface area contributed by atoms with Gasteiger partial charge in [-0.1, -0.05) is 66.7 Å². The fourth-order valence-electron chi connectivity index (χ4n) is 6.29. The minimum atomic E-state index is -0.969. The van der Waals surface area contributed by atoms with Crippen molar-refractivity contribution in [1.82, 2.24) is 0 Å². The Balaban J connectivity index is 1.45. The van der Waals surface area contributed by atoms with Crippen LogP contribution in [0, 0.1) is 17.8 Å². The Morgan fingerprint density at radius 3 is 2.29 bits per heavy atom. The molecular formula is C34H35NO6. The molecule has 4 atom stereocenters. The molecule has 3 aromatic rings. The van der Waals surface area contributed by atoms with Crippen LogP contribution in [0.1, 0.15) is 30.4 Å². The number of anilines is 1. The number of phenols is 1. The summed E-state index contributed by atoms with van der Waals surface area (Å²) in [5.74, 6) is -2.57. The first-order valence-electron chi connectivity index (χ1n) is 13.9. The second kappa shape index (κ2) is 12.6. The largest absolute Gasteiger partial charge is 0.507 e. The lowest BCUT2D eigenvalue weighted by Crippen LogP contribution is -2.39. The molecule has 1 heterocycles. The van der Waals surface area contributed by atoms with E-state index in [0.29, 0.717) is 29.7 Å². The van der Waals surface area contributed by atoms with Crippen molar-refractivity contribution in [2.24, 2.45) is 17.8 Å². The number of fused-ring (bicyclic) bond motifs is 1. The number of imide groups is 1. The number of carbonyl (C=O) groups is 2. The van der Waals surface area contributed by atoms with Crippen LogP contribution < -0.4 is 4.90 Å². The van der Waals surface area contributed by atoms with E-state index in [1.807, 2.05) is 54.6 Å². The third kappa shape index (κ3) is 5.75. The van der Waals surface area contributed by atoms with Gasteiger partial charge in [0, 0.05) is 18.6 Å². The molecule has 3 aromatic carbocycles. The molecule has 1 aliphatic heterocycles. The third-order valence-electron chi connectivity index (χ3n) is 8.17. The van der Waals surface area contributed by atoms with Crippen molar-refractivity contribution in [3.63, 3.8) is 0 Å². The number of ether oxygens (including phenoxy) is 1. The molecule has 0 spiro atoms. The maximum atomic E-state index is 13.7. The molecule has 2 aliphatic rings. The molecule has 7 heteroatoms. The van der Waals surface area contributed by atoms with E-state index in [9.17, 15) is 24.9 Å². The maximum Gasteiger partial charge on any atom is 0.238 e. The molecule has 1 fully saturated rings. The number of allylic oxidation sites excluding steroid dienone is 1. The van der Waals surface area contributed by atoms with Gasteiger partial charge >= 0.3 is 0 Å². The molecule has 1 saturated heterocycles. The van der Waals surface area contributed by atoms with Crippen LogP contribution in [0.15, 0.2) is 96.1 Å². The number of amides is 2. The highest BCUT2D eigenvalue weighted by molar-refractivity contribution is 6.22. The lowest BCUT2D eigenvalue weighted by atomic mass is 9.68. The summed E-state index contributed by atoms with van der Waals surface area (Å²) >= 11 is 0. The van der Waals surface area contributed by atoms with Crippen LogP contribution in [0.2, 0.25) is 0 Å². The summed E-state index contributed by atoms with van der Waals surface area (Å²) in [6, 6.07) is 25.7. The van der Waals surface area contributed by atoms with Crippen LogP contribution in [0.3, 0.4) is 0 Å². The average Bonchev–Trinajstić information content (AvgIpc) is 3.25. The van der Waals surface area contributed by atoms with Crippen LogP contribution in [0.4, 0.5) is 5.69 Å². The first-order valence-corrected chi connectivity index (χ1v) is 13.9. The molecule has 0 unspecified atom stereocenters. The number of phenolic OH excluding ortho intramolecular Hbond substituents is 1. The summed E-state index contributed by atoms with van der Waals surface area (Å²) < 4.78 is 5.46. The fraction of sp³-hybridized carbons (Fsp3) is 0.294. The SMILES string of the molecule is COCC1=C([C@H](O)CC/C(=C/c2ccccc2O)c2ccccc2)[C@H](CO)[C@@H]2C(=O)N(c3ccccc3)C(=O)[C@@H]2C1.